The van der Waals surface area contributed by atoms with Crippen LogP contribution in [0.3, 0.4) is 0 Å². The third-order valence-electron chi connectivity index (χ3n) is 4.65. The zero-order chi connectivity index (χ0) is 17.3. The molecule has 1 aliphatic carbocycles. The minimum Gasteiger partial charge on any atom is -0.330 e. The second kappa shape index (κ2) is 6.63. The number of hydrogen-bond acceptors (Lipinski definition) is 2. The van der Waals surface area contributed by atoms with E-state index in [-0.39, 0.29) is 17.5 Å². The van der Waals surface area contributed by atoms with Crippen LogP contribution in [0.2, 0.25) is 0 Å². The number of carbonyl (C=O) groups is 1. The lowest BCUT2D eigenvalue weighted by atomic mass is 10.0. The largest absolute Gasteiger partial charge is 0.330 e. The molecule has 1 aromatic carbocycles. The van der Waals surface area contributed by atoms with Gasteiger partial charge >= 0.3 is 0 Å². The molecule has 126 valence electrons. The van der Waals surface area contributed by atoms with Gasteiger partial charge in [-0.05, 0) is 36.0 Å². The topological polar surface area (TPSA) is 42.3 Å². The van der Waals surface area contributed by atoms with Gasteiger partial charge in [-0.3, -0.25) is 9.59 Å². The van der Waals surface area contributed by atoms with Crippen LogP contribution in [0.4, 0.5) is 0 Å². The summed E-state index contributed by atoms with van der Waals surface area (Å²) in [6.45, 7) is 4.93. The quantitative estimate of drug-likeness (QED) is 0.847. The Balaban J connectivity index is 1.83. The average Bonchev–Trinajstić information content (AvgIpc) is 3.40. The molecule has 0 N–H and O–H groups in total. The van der Waals surface area contributed by atoms with Crippen molar-refractivity contribution in [3.8, 4) is 0 Å². The summed E-state index contributed by atoms with van der Waals surface area (Å²) in [6.07, 6.45) is 2.08. The van der Waals surface area contributed by atoms with E-state index in [9.17, 15) is 9.59 Å². The highest BCUT2D eigenvalue weighted by Gasteiger charge is 2.33. The van der Waals surface area contributed by atoms with E-state index in [2.05, 4.69) is 38.1 Å². The molecular weight excluding hydrogens is 300 g/mol. The summed E-state index contributed by atoms with van der Waals surface area (Å²) in [5.41, 5.74) is 2.72. The summed E-state index contributed by atoms with van der Waals surface area (Å²) >= 11 is 0. The van der Waals surface area contributed by atoms with Crippen molar-refractivity contribution in [2.45, 2.75) is 45.2 Å². The van der Waals surface area contributed by atoms with Crippen LogP contribution < -0.4 is 5.56 Å². The molecule has 1 heterocycles. The van der Waals surface area contributed by atoms with Gasteiger partial charge in [0.05, 0.1) is 0 Å². The van der Waals surface area contributed by atoms with Gasteiger partial charge in [0, 0.05) is 25.7 Å². The van der Waals surface area contributed by atoms with Crippen molar-refractivity contribution in [3.05, 3.63) is 69.6 Å². The fourth-order valence-corrected chi connectivity index (χ4v) is 2.88. The van der Waals surface area contributed by atoms with Crippen LogP contribution >= 0.6 is 0 Å². The molecule has 1 fully saturated rings. The zero-order valence-electron chi connectivity index (χ0n) is 14.5. The molecule has 2 aromatic rings. The monoisotopic (exact) mass is 324 g/mol. The first-order valence-corrected chi connectivity index (χ1v) is 8.53. The van der Waals surface area contributed by atoms with E-state index in [0.717, 1.165) is 18.4 Å². The molecule has 4 nitrogen and oxygen atoms in total. The zero-order valence-corrected chi connectivity index (χ0v) is 14.5. The Morgan fingerprint density at radius 2 is 1.83 bits per heavy atom. The van der Waals surface area contributed by atoms with Gasteiger partial charge in [0.1, 0.15) is 5.69 Å². The second-order valence-corrected chi connectivity index (χ2v) is 6.87. The van der Waals surface area contributed by atoms with Crippen molar-refractivity contribution in [1.29, 1.82) is 0 Å². The lowest BCUT2D eigenvalue weighted by Gasteiger charge is -2.23. The average molecular weight is 324 g/mol. The number of carbonyl (C=O) groups excluding carboxylic acids is 1. The van der Waals surface area contributed by atoms with E-state index >= 15 is 0 Å². The Bertz CT molecular complexity index is 786. The van der Waals surface area contributed by atoms with Crippen molar-refractivity contribution < 1.29 is 4.79 Å². The number of rotatable bonds is 5. The van der Waals surface area contributed by atoms with E-state index in [0.29, 0.717) is 18.2 Å². The Hall–Kier alpha value is -2.36. The molecule has 1 saturated carbocycles. The Labute approximate surface area is 142 Å². The Morgan fingerprint density at radius 3 is 2.42 bits per heavy atom. The fraction of sp³-hybridized carbons (Fsp3) is 0.400. The maximum Gasteiger partial charge on any atom is 0.271 e. The van der Waals surface area contributed by atoms with Crippen LogP contribution in [0.1, 0.15) is 54.2 Å². The molecule has 24 heavy (non-hydrogen) atoms. The molecule has 0 saturated heterocycles. The molecule has 1 aliphatic rings. The first kappa shape index (κ1) is 16.5. The van der Waals surface area contributed by atoms with Crippen LogP contribution in [-0.2, 0) is 13.6 Å². The Kier molecular flexibility index (Phi) is 4.56. The van der Waals surface area contributed by atoms with Gasteiger partial charge in [-0.2, -0.15) is 0 Å². The number of pyridine rings is 1. The molecule has 0 spiro atoms. The van der Waals surface area contributed by atoms with Crippen LogP contribution in [0.15, 0.2) is 47.3 Å². The molecule has 0 radical (unpaired) electrons. The molecular formula is C20H24N2O2. The molecule has 0 atom stereocenters. The number of benzene rings is 1. The SMILES string of the molecule is CC(C)c1ccc(CN(C(=O)c2cccc(=O)n2C)C2CC2)cc1. The second-order valence-electron chi connectivity index (χ2n) is 6.87. The van der Waals surface area contributed by atoms with Gasteiger partial charge in [0.25, 0.3) is 11.5 Å². The van der Waals surface area contributed by atoms with Crippen molar-refractivity contribution in [2.75, 3.05) is 0 Å². The molecule has 4 heteroatoms. The summed E-state index contributed by atoms with van der Waals surface area (Å²) in [5.74, 6) is 0.435. The van der Waals surface area contributed by atoms with Crippen LogP contribution in [0, 0.1) is 0 Å². The fourth-order valence-electron chi connectivity index (χ4n) is 2.88. The van der Waals surface area contributed by atoms with Crippen molar-refractivity contribution in [2.24, 2.45) is 7.05 Å². The number of aromatic nitrogens is 1. The molecule has 0 unspecified atom stereocenters. The normalized spacial score (nSPS) is 14.0. The van der Waals surface area contributed by atoms with Crippen LogP contribution in [0.5, 0.6) is 0 Å². The maximum absolute atomic E-state index is 12.9. The predicted octanol–water partition coefficient (Wildman–Crippen LogP) is 3.31. The van der Waals surface area contributed by atoms with Gasteiger partial charge in [-0.1, -0.05) is 44.2 Å². The van der Waals surface area contributed by atoms with Gasteiger partial charge in [0.15, 0.2) is 0 Å². The van der Waals surface area contributed by atoms with E-state index in [4.69, 9.17) is 0 Å². The van der Waals surface area contributed by atoms with Gasteiger partial charge < -0.3 is 9.47 Å². The van der Waals surface area contributed by atoms with Crippen molar-refractivity contribution >= 4 is 5.91 Å². The first-order chi connectivity index (χ1) is 11.5. The van der Waals surface area contributed by atoms with E-state index in [1.807, 2.05) is 4.90 Å². The number of hydrogen-bond donors (Lipinski definition) is 0. The van der Waals surface area contributed by atoms with Crippen LogP contribution in [0.25, 0.3) is 0 Å². The summed E-state index contributed by atoms with van der Waals surface area (Å²) in [7, 11) is 1.65. The molecule has 0 bridgehead atoms. The molecule has 1 aromatic heterocycles. The lowest BCUT2D eigenvalue weighted by molar-refractivity contribution is 0.0718. The van der Waals surface area contributed by atoms with Crippen molar-refractivity contribution in [1.82, 2.24) is 9.47 Å². The van der Waals surface area contributed by atoms with Gasteiger partial charge in [0.2, 0.25) is 0 Å². The smallest absolute Gasteiger partial charge is 0.271 e. The number of amides is 1. The molecule has 3 rings (SSSR count). The summed E-state index contributed by atoms with van der Waals surface area (Å²) in [5, 5.41) is 0. The van der Waals surface area contributed by atoms with Gasteiger partial charge in [-0.15, -0.1) is 0 Å². The Morgan fingerprint density at radius 1 is 1.17 bits per heavy atom. The van der Waals surface area contributed by atoms with Crippen molar-refractivity contribution in [3.63, 3.8) is 0 Å². The minimum atomic E-state index is -0.155. The maximum atomic E-state index is 12.9. The molecule has 1 amide bonds. The van der Waals surface area contributed by atoms with Crippen LogP contribution in [-0.4, -0.2) is 21.4 Å². The third-order valence-corrected chi connectivity index (χ3v) is 4.65. The molecule has 0 aliphatic heterocycles. The van der Waals surface area contributed by atoms with E-state index in [1.54, 1.807) is 19.2 Å². The highest BCUT2D eigenvalue weighted by Crippen LogP contribution is 2.30. The highest BCUT2D eigenvalue weighted by atomic mass is 16.2. The summed E-state index contributed by atoms with van der Waals surface area (Å²) in [6, 6.07) is 13.6. The van der Waals surface area contributed by atoms with Gasteiger partial charge in [-0.25, -0.2) is 0 Å². The van der Waals surface area contributed by atoms with E-state index in [1.165, 1.54) is 16.2 Å². The minimum absolute atomic E-state index is 0.0642. The standard InChI is InChI=1S/C20H24N2O2/c1-14(2)16-9-7-15(8-10-16)13-22(17-11-12-17)20(24)18-5-4-6-19(23)21(18)3/h4-10,14,17H,11-13H2,1-3H3. The lowest BCUT2D eigenvalue weighted by Crippen LogP contribution is -2.36. The first-order valence-electron chi connectivity index (χ1n) is 8.53. The summed E-state index contributed by atoms with van der Waals surface area (Å²) < 4.78 is 1.43. The number of nitrogens with zero attached hydrogens (tertiary/aromatic N) is 2. The predicted molar refractivity (Wildman–Crippen MR) is 95.1 cm³/mol. The van der Waals surface area contributed by atoms with E-state index < -0.39 is 0 Å². The summed E-state index contributed by atoms with van der Waals surface area (Å²) in [4.78, 5) is 26.7. The third kappa shape index (κ3) is 3.42. The highest BCUT2D eigenvalue weighted by molar-refractivity contribution is 5.93.